The van der Waals surface area contributed by atoms with Gasteiger partial charge >= 0.3 is 0 Å². The van der Waals surface area contributed by atoms with Crippen molar-refractivity contribution < 1.29 is 18.1 Å². The molecule has 0 amide bonds. The summed E-state index contributed by atoms with van der Waals surface area (Å²) in [5.41, 5.74) is 0.756. The Morgan fingerprint density at radius 3 is 2.21 bits per heavy atom. The smallest absolute Gasteiger partial charge is 0.294 e. The van der Waals surface area contributed by atoms with Crippen LogP contribution in [0.15, 0.2) is 35.2 Å². The Hall–Kier alpha value is -1.17. The number of benzene rings is 1. The van der Waals surface area contributed by atoms with Crippen molar-refractivity contribution >= 4 is 16.2 Å². The van der Waals surface area contributed by atoms with Crippen LogP contribution < -0.4 is 0 Å². The summed E-state index contributed by atoms with van der Waals surface area (Å²) in [6, 6.07) is 5.67. The van der Waals surface area contributed by atoms with Crippen LogP contribution in [-0.4, -0.2) is 24.7 Å². The Morgan fingerprint density at radius 1 is 1.21 bits per heavy atom. The Balaban J connectivity index is 2.95. The van der Waals surface area contributed by atoms with Crippen molar-refractivity contribution in [3.63, 3.8) is 0 Å². The van der Waals surface area contributed by atoms with Crippen LogP contribution in [0.25, 0.3) is 6.08 Å². The molecule has 1 rings (SSSR count). The average Bonchev–Trinajstić information content (AvgIpc) is 2.14. The Bertz CT molecular complexity index is 417. The number of hydrogen-bond donors (Lipinski definition) is 2. The van der Waals surface area contributed by atoms with Gasteiger partial charge in [0.25, 0.3) is 10.1 Å². The second-order valence-electron chi connectivity index (χ2n) is 2.63. The summed E-state index contributed by atoms with van der Waals surface area (Å²) in [6.45, 7) is -0.0694. The first-order valence-corrected chi connectivity index (χ1v) is 5.33. The molecule has 0 saturated heterocycles. The van der Waals surface area contributed by atoms with Crippen LogP contribution in [0.3, 0.4) is 0 Å². The predicted octanol–water partition coefficient (Wildman–Crippen LogP) is 0.939. The van der Waals surface area contributed by atoms with Crippen molar-refractivity contribution in [1.29, 1.82) is 0 Å². The van der Waals surface area contributed by atoms with Crippen LogP contribution in [0.5, 0.6) is 0 Å². The third-order valence-corrected chi connectivity index (χ3v) is 2.46. The summed E-state index contributed by atoms with van der Waals surface area (Å²) in [5.74, 6) is 0. The maximum atomic E-state index is 10.7. The van der Waals surface area contributed by atoms with Crippen molar-refractivity contribution in [3.05, 3.63) is 35.9 Å². The van der Waals surface area contributed by atoms with Gasteiger partial charge in [0.1, 0.15) is 0 Å². The molecule has 0 bridgehead atoms. The fraction of sp³-hybridized carbons (Fsp3) is 0.111. The third-order valence-electron chi connectivity index (χ3n) is 1.59. The van der Waals surface area contributed by atoms with Crippen molar-refractivity contribution in [3.8, 4) is 0 Å². The molecule has 1 aromatic rings. The molecule has 0 aliphatic rings. The maximum absolute atomic E-state index is 10.7. The highest BCUT2D eigenvalue weighted by molar-refractivity contribution is 7.85. The zero-order valence-corrected chi connectivity index (χ0v) is 8.11. The monoisotopic (exact) mass is 214 g/mol. The Labute approximate surface area is 82.3 Å². The molecule has 0 saturated carbocycles. The zero-order chi connectivity index (χ0) is 10.6. The zero-order valence-electron chi connectivity index (χ0n) is 7.29. The van der Waals surface area contributed by atoms with E-state index in [9.17, 15) is 8.42 Å². The van der Waals surface area contributed by atoms with Gasteiger partial charge in [-0.05, 0) is 17.7 Å². The topological polar surface area (TPSA) is 74.6 Å². The molecule has 76 valence electrons. The number of aliphatic hydroxyl groups is 1. The Morgan fingerprint density at radius 2 is 1.79 bits per heavy atom. The molecule has 0 aromatic heterocycles. The highest BCUT2D eigenvalue weighted by atomic mass is 32.2. The number of aliphatic hydroxyl groups excluding tert-OH is 1. The first-order valence-electron chi connectivity index (χ1n) is 3.89. The molecule has 4 nitrogen and oxygen atoms in total. The minimum Gasteiger partial charge on any atom is -0.392 e. The highest BCUT2D eigenvalue weighted by Gasteiger charge is 2.07. The van der Waals surface area contributed by atoms with Gasteiger partial charge in [0, 0.05) is 0 Å². The molecule has 0 radical (unpaired) electrons. The molecule has 14 heavy (non-hydrogen) atoms. The lowest BCUT2D eigenvalue weighted by atomic mass is 10.2. The van der Waals surface area contributed by atoms with Crippen LogP contribution in [0.4, 0.5) is 0 Å². The summed E-state index contributed by atoms with van der Waals surface area (Å²) in [6.07, 6.45) is 3.18. The number of hydrogen-bond acceptors (Lipinski definition) is 3. The fourth-order valence-electron chi connectivity index (χ4n) is 0.940. The van der Waals surface area contributed by atoms with Crippen LogP contribution in [0, 0.1) is 0 Å². The highest BCUT2D eigenvalue weighted by Crippen LogP contribution is 2.10. The van der Waals surface area contributed by atoms with E-state index in [0.717, 1.165) is 5.56 Å². The molecule has 0 atom stereocenters. The van der Waals surface area contributed by atoms with E-state index in [-0.39, 0.29) is 11.5 Å². The van der Waals surface area contributed by atoms with Gasteiger partial charge in [-0.25, -0.2) is 0 Å². The van der Waals surface area contributed by atoms with Gasteiger partial charge in [0.2, 0.25) is 0 Å². The summed E-state index contributed by atoms with van der Waals surface area (Å²) < 4.78 is 30.0. The molecule has 0 aliphatic carbocycles. The molecule has 0 heterocycles. The molecule has 0 aliphatic heterocycles. The Kier molecular flexibility index (Phi) is 3.40. The molecule has 1 aromatic carbocycles. The van der Waals surface area contributed by atoms with Crippen LogP contribution >= 0.6 is 0 Å². The fourth-order valence-corrected chi connectivity index (χ4v) is 1.42. The maximum Gasteiger partial charge on any atom is 0.294 e. The first kappa shape index (κ1) is 10.9. The van der Waals surface area contributed by atoms with Crippen LogP contribution in [0.2, 0.25) is 0 Å². The molecule has 0 fully saturated rings. The summed E-state index contributed by atoms with van der Waals surface area (Å²) in [5, 5.41) is 8.49. The predicted molar refractivity (Wildman–Crippen MR) is 52.4 cm³/mol. The molecule has 2 N–H and O–H groups in total. The largest absolute Gasteiger partial charge is 0.392 e. The van der Waals surface area contributed by atoms with Gasteiger partial charge in [-0.3, -0.25) is 4.55 Å². The van der Waals surface area contributed by atoms with E-state index >= 15 is 0 Å². The molecular formula is C9H10O4S. The van der Waals surface area contributed by atoms with Gasteiger partial charge in [-0.15, -0.1) is 0 Å². The van der Waals surface area contributed by atoms with Gasteiger partial charge in [0.05, 0.1) is 11.5 Å². The van der Waals surface area contributed by atoms with Crippen molar-refractivity contribution in [2.75, 3.05) is 6.61 Å². The van der Waals surface area contributed by atoms with E-state index in [1.165, 1.54) is 30.3 Å². The second-order valence-corrected chi connectivity index (χ2v) is 4.05. The van der Waals surface area contributed by atoms with Gasteiger partial charge in [0.15, 0.2) is 0 Å². The molecule has 5 heteroatoms. The molecule has 0 spiro atoms. The SMILES string of the molecule is O=S(=O)(O)c1ccc(C=CCO)cc1. The number of rotatable bonds is 3. The first-order chi connectivity index (χ1) is 6.54. The van der Waals surface area contributed by atoms with Crippen LogP contribution in [0.1, 0.15) is 5.56 Å². The average molecular weight is 214 g/mol. The lowest BCUT2D eigenvalue weighted by Crippen LogP contribution is -1.97. The second kappa shape index (κ2) is 4.36. The van der Waals surface area contributed by atoms with Gasteiger partial charge in [-0.2, -0.15) is 8.42 Å². The minimum atomic E-state index is -4.11. The van der Waals surface area contributed by atoms with E-state index in [4.69, 9.17) is 9.66 Å². The summed E-state index contributed by atoms with van der Waals surface area (Å²) in [7, 11) is -4.11. The molecule has 0 unspecified atom stereocenters. The van der Waals surface area contributed by atoms with Crippen LogP contribution in [-0.2, 0) is 10.1 Å². The third kappa shape index (κ3) is 2.95. The summed E-state index contributed by atoms with van der Waals surface area (Å²) >= 11 is 0. The van der Waals surface area contributed by atoms with Crippen molar-refractivity contribution in [1.82, 2.24) is 0 Å². The minimum absolute atomic E-state index is 0.0694. The quantitative estimate of drug-likeness (QED) is 0.734. The van der Waals surface area contributed by atoms with Crippen molar-refractivity contribution in [2.45, 2.75) is 4.90 Å². The summed E-state index contributed by atoms with van der Waals surface area (Å²) in [4.78, 5) is -0.140. The van der Waals surface area contributed by atoms with E-state index in [2.05, 4.69) is 0 Å². The van der Waals surface area contributed by atoms with Crippen molar-refractivity contribution in [2.24, 2.45) is 0 Å². The normalized spacial score (nSPS) is 12.1. The molecular weight excluding hydrogens is 204 g/mol. The standard InChI is InChI=1S/C9H10O4S/c10-7-1-2-8-3-5-9(6-4-8)14(11,12)13/h1-6,10H,7H2,(H,11,12,13). The van der Waals surface area contributed by atoms with Gasteiger partial charge in [-0.1, -0.05) is 24.3 Å². The lowest BCUT2D eigenvalue weighted by molar-refractivity contribution is 0.343. The van der Waals surface area contributed by atoms with E-state index in [1.54, 1.807) is 6.08 Å². The van der Waals surface area contributed by atoms with E-state index < -0.39 is 10.1 Å². The lowest BCUT2D eigenvalue weighted by Gasteiger charge is -1.97. The van der Waals surface area contributed by atoms with E-state index in [1.807, 2.05) is 0 Å². The van der Waals surface area contributed by atoms with E-state index in [0.29, 0.717) is 0 Å². The van der Waals surface area contributed by atoms with Gasteiger partial charge < -0.3 is 5.11 Å².